The summed E-state index contributed by atoms with van der Waals surface area (Å²) in [5.41, 5.74) is 1.53. The third kappa shape index (κ3) is 4.25. The topological polar surface area (TPSA) is 32.3 Å². The van der Waals surface area contributed by atoms with Crippen molar-refractivity contribution in [3.05, 3.63) is 63.4 Å². The Labute approximate surface area is 156 Å². The van der Waals surface area contributed by atoms with E-state index in [0.717, 1.165) is 25.9 Å². The SMILES string of the molecule is O=C(c1ccc(Cl)c(NCc2c(F)cccc2Cl)c1)N1CCCCC1. The lowest BCUT2D eigenvalue weighted by atomic mass is 10.1. The van der Waals surface area contributed by atoms with E-state index < -0.39 is 0 Å². The zero-order valence-corrected chi connectivity index (χ0v) is 15.2. The number of hydrogen-bond acceptors (Lipinski definition) is 2. The van der Waals surface area contributed by atoms with E-state index in [-0.39, 0.29) is 18.3 Å². The van der Waals surface area contributed by atoms with Gasteiger partial charge in [-0.3, -0.25) is 4.79 Å². The lowest BCUT2D eigenvalue weighted by Crippen LogP contribution is -2.35. The number of nitrogens with one attached hydrogen (secondary N) is 1. The average molecular weight is 381 g/mol. The van der Waals surface area contributed by atoms with Crippen LogP contribution >= 0.6 is 23.2 Å². The Morgan fingerprint density at radius 1 is 1.08 bits per heavy atom. The fourth-order valence-corrected chi connectivity index (χ4v) is 3.37. The average Bonchev–Trinajstić information content (AvgIpc) is 2.63. The summed E-state index contributed by atoms with van der Waals surface area (Å²) in [4.78, 5) is 14.5. The molecule has 25 heavy (non-hydrogen) atoms. The van der Waals surface area contributed by atoms with Crippen LogP contribution in [-0.4, -0.2) is 23.9 Å². The number of amides is 1. The van der Waals surface area contributed by atoms with Crippen LogP contribution < -0.4 is 5.32 Å². The molecule has 3 rings (SSSR count). The highest BCUT2D eigenvalue weighted by Gasteiger charge is 2.19. The van der Waals surface area contributed by atoms with Crippen molar-refractivity contribution in [3.63, 3.8) is 0 Å². The third-order valence-corrected chi connectivity index (χ3v) is 5.06. The zero-order chi connectivity index (χ0) is 17.8. The fourth-order valence-electron chi connectivity index (χ4n) is 2.96. The molecule has 1 heterocycles. The second kappa shape index (κ2) is 8.07. The summed E-state index contributed by atoms with van der Waals surface area (Å²) in [7, 11) is 0. The normalized spacial score (nSPS) is 14.4. The Morgan fingerprint density at radius 3 is 2.56 bits per heavy atom. The van der Waals surface area contributed by atoms with E-state index in [1.54, 1.807) is 30.3 Å². The van der Waals surface area contributed by atoms with Crippen molar-refractivity contribution in [1.29, 1.82) is 0 Å². The molecule has 2 aromatic carbocycles. The van der Waals surface area contributed by atoms with Gasteiger partial charge >= 0.3 is 0 Å². The maximum Gasteiger partial charge on any atom is 0.253 e. The van der Waals surface area contributed by atoms with Crippen LogP contribution in [-0.2, 0) is 6.54 Å². The van der Waals surface area contributed by atoms with Crippen LogP contribution in [0.4, 0.5) is 10.1 Å². The molecule has 1 aliphatic rings. The van der Waals surface area contributed by atoms with Gasteiger partial charge in [0, 0.05) is 35.8 Å². The molecule has 1 saturated heterocycles. The molecule has 0 spiro atoms. The van der Waals surface area contributed by atoms with E-state index in [1.165, 1.54) is 12.5 Å². The van der Waals surface area contributed by atoms with Gasteiger partial charge in [0.25, 0.3) is 5.91 Å². The minimum atomic E-state index is -0.378. The minimum Gasteiger partial charge on any atom is -0.380 e. The standard InChI is InChI=1S/C19H19Cl2FN2O/c20-15-5-4-6-17(22)14(15)12-23-18-11-13(7-8-16(18)21)19(25)24-9-2-1-3-10-24/h4-8,11,23H,1-3,9-10,12H2. The molecule has 132 valence electrons. The Balaban J connectivity index is 1.76. The van der Waals surface area contributed by atoms with Crippen LogP contribution in [0.3, 0.4) is 0 Å². The smallest absolute Gasteiger partial charge is 0.253 e. The second-order valence-electron chi connectivity index (χ2n) is 6.10. The number of benzene rings is 2. The first-order valence-electron chi connectivity index (χ1n) is 8.32. The maximum absolute atomic E-state index is 13.9. The van der Waals surface area contributed by atoms with Gasteiger partial charge in [-0.05, 0) is 49.6 Å². The first-order chi connectivity index (χ1) is 12.1. The minimum absolute atomic E-state index is 0.00309. The number of carbonyl (C=O) groups excluding carboxylic acids is 1. The number of rotatable bonds is 4. The number of hydrogen-bond donors (Lipinski definition) is 1. The molecule has 2 aromatic rings. The van der Waals surface area contributed by atoms with Gasteiger partial charge < -0.3 is 10.2 Å². The van der Waals surface area contributed by atoms with Gasteiger partial charge in [0.15, 0.2) is 0 Å². The van der Waals surface area contributed by atoms with Gasteiger partial charge in [0.1, 0.15) is 5.82 Å². The van der Waals surface area contributed by atoms with Crippen molar-refractivity contribution in [3.8, 4) is 0 Å². The summed E-state index contributed by atoms with van der Waals surface area (Å²) < 4.78 is 13.9. The van der Waals surface area contributed by atoms with Crippen molar-refractivity contribution in [2.45, 2.75) is 25.8 Å². The lowest BCUT2D eigenvalue weighted by molar-refractivity contribution is 0.0724. The van der Waals surface area contributed by atoms with Crippen molar-refractivity contribution in [1.82, 2.24) is 4.90 Å². The summed E-state index contributed by atoms with van der Waals surface area (Å²) in [6.45, 7) is 1.76. The molecule has 0 bridgehead atoms. The van der Waals surface area contributed by atoms with Gasteiger partial charge in [0.2, 0.25) is 0 Å². The van der Waals surface area contributed by atoms with E-state index >= 15 is 0 Å². The number of halogens is 3. The van der Waals surface area contributed by atoms with Gasteiger partial charge in [-0.25, -0.2) is 4.39 Å². The molecule has 0 aliphatic carbocycles. The predicted octanol–water partition coefficient (Wildman–Crippen LogP) is 5.37. The number of carbonyl (C=O) groups is 1. The molecule has 0 aromatic heterocycles. The molecule has 1 amide bonds. The Bertz CT molecular complexity index is 756. The van der Waals surface area contributed by atoms with E-state index in [0.29, 0.717) is 26.9 Å². The monoisotopic (exact) mass is 380 g/mol. The molecule has 0 saturated carbocycles. The molecule has 0 unspecified atom stereocenters. The Morgan fingerprint density at radius 2 is 1.84 bits per heavy atom. The first kappa shape index (κ1) is 18.0. The summed E-state index contributed by atoms with van der Waals surface area (Å²) in [6, 6.07) is 9.69. The van der Waals surface area contributed by atoms with E-state index in [2.05, 4.69) is 5.32 Å². The van der Waals surface area contributed by atoms with Gasteiger partial charge in [-0.15, -0.1) is 0 Å². The largest absolute Gasteiger partial charge is 0.380 e. The molecule has 1 fully saturated rings. The summed E-state index contributed by atoms with van der Waals surface area (Å²) in [5, 5.41) is 3.91. The number of nitrogens with zero attached hydrogens (tertiary/aromatic N) is 1. The van der Waals surface area contributed by atoms with Crippen LogP contribution in [0.1, 0.15) is 35.2 Å². The second-order valence-corrected chi connectivity index (χ2v) is 6.92. The summed E-state index contributed by atoms with van der Waals surface area (Å²) >= 11 is 12.3. The molecule has 3 nitrogen and oxygen atoms in total. The predicted molar refractivity (Wildman–Crippen MR) is 99.9 cm³/mol. The third-order valence-electron chi connectivity index (χ3n) is 4.37. The fraction of sp³-hybridized carbons (Fsp3) is 0.316. The van der Waals surface area contributed by atoms with Gasteiger partial charge in [-0.1, -0.05) is 29.3 Å². The van der Waals surface area contributed by atoms with Crippen molar-refractivity contribution in [2.75, 3.05) is 18.4 Å². The molecule has 1 aliphatic heterocycles. The lowest BCUT2D eigenvalue weighted by Gasteiger charge is -2.27. The van der Waals surface area contributed by atoms with Crippen LogP contribution in [0.15, 0.2) is 36.4 Å². The molecule has 6 heteroatoms. The van der Waals surface area contributed by atoms with E-state index in [4.69, 9.17) is 23.2 Å². The zero-order valence-electron chi connectivity index (χ0n) is 13.7. The summed E-state index contributed by atoms with van der Waals surface area (Å²) in [6.07, 6.45) is 3.24. The van der Waals surface area contributed by atoms with E-state index in [9.17, 15) is 9.18 Å². The van der Waals surface area contributed by atoms with Crippen molar-refractivity contribution >= 4 is 34.8 Å². The van der Waals surface area contributed by atoms with Crippen LogP contribution in [0.25, 0.3) is 0 Å². The Kier molecular flexibility index (Phi) is 5.82. The van der Waals surface area contributed by atoms with Crippen molar-refractivity contribution < 1.29 is 9.18 Å². The first-order valence-corrected chi connectivity index (χ1v) is 9.07. The van der Waals surface area contributed by atoms with Gasteiger partial charge in [0.05, 0.1) is 10.7 Å². The molecular weight excluding hydrogens is 362 g/mol. The molecular formula is C19H19Cl2FN2O. The molecule has 1 N–H and O–H groups in total. The van der Waals surface area contributed by atoms with Crippen LogP contribution in [0, 0.1) is 5.82 Å². The highest BCUT2D eigenvalue weighted by molar-refractivity contribution is 6.33. The highest BCUT2D eigenvalue weighted by Crippen LogP contribution is 2.27. The van der Waals surface area contributed by atoms with Crippen molar-refractivity contribution in [2.24, 2.45) is 0 Å². The van der Waals surface area contributed by atoms with Crippen LogP contribution in [0.5, 0.6) is 0 Å². The summed E-state index contributed by atoms with van der Waals surface area (Å²) in [5.74, 6) is -0.375. The molecule has 0 atom stereocenters. The van der Waals surface area contributed by atoms with Gasteiger partial charge in [-0.2, -0.15) is 0 Å². The van der Waals surface area contributed by atoms with Crippen LogP contribution in [0.2, 0.25) is 10.0 Å². The Hall–Kier alpha value is -1.78. The van der Waals surface area contributed by atoms with E-state index in [1.807, 2.05) is 4.90 Å². The highest BCUT2D eigenvalue weighted by atomic mass is 35.5. The maximum atomic E-state index is 13.9. The number of likely N-dealkylation sites (tertiary alicyclic amines) is 1. The quantitative estimate of drug-likeness (QED) is 0.772. The number of anilines is 1. The molecule has 0 radical (unpaired) electrons. The number of piperidine rings is 1.